The fourth-order valence-corrected chi connectivity index (χ4v) is 2.14. The minimum absolute atomic E-state index is 0.183. The average molecular weight is 233 g/mol. The molecule has 0 aliphatic carbocycles. The van der Waals surface area contributed by atoms with Crippen LogP contribution in [-0.2, 0) is 10.0 Å². The monoisotopic (exact) mass is 233 g/mol. The molecule has 0 atom stereocenters. The Balaban J connectivity index is 3.85. The van der Waals surface area contributed by atoms with Crippen molar-refractivity contribution in [1.29, 1.82) is 0 Å². The number of hydrogen-bond donors (Lipinski definition) is 1. The largest absolute Gasteiger partial charge is 0.215 e. The average Bonchev–Trinajstić information content (AvgIpc) is 2.09. The molecule has 0 aromatic carbocycles. The van der Waals surface area contributed by atoms with E-state index in [0.717, 1.165) is 0 Å². The van der Waals surface area contributed by atoms with E-state index >= 15 is 0 Å². The van der Waals surface area contributed by atoms with E-state index in [1.807, 2.05) is 26.0 Å². The van der Waals surface area contributed by atoms with Gasteiger partial charge in [0.15, 0.2) is 0 Å². The van der Waals surface area contributed by atoms with Gasteiger partial charge in [0.05, 0.1) is 5.75 Å². The molecule has 0 unspecified atom stereocenters. The topological polar surface area (TPSA) is 46.2 Å². The van der Waals surface area contributed by atoms with Crippen LogP contribution in [0.5, 0.6) is 0 Å². The van der Waals surface area contributed by atoms with Crippen molar-refractivity contribution < 1.29 is 8.42 Å². The van der Waals surface area contributed by atoms with E-state index in [1.54, 1.807) is 0 Å². The van der Waals surface area contributed by atoms with Crippen molar-refractivity contribution in [2.75, 3.05) is 12.3 Å². The van der Waals surface area contributed by atoms with Crippen molar-refractivity contribution in [1.82, 2.24) is 4.72 Å². The van der Waals surface area contributed by atoms with Crippen LogP contribution in [0.25, 0.3) is 0 Å². The molecule has 0 aliphatic rings. The van der Waals surface area contributed by atoms with Gasteiger partial charge in [0, 0.05) is 6.54 Å². The Morgan fingerprint density at radius 3 is 2.27 bits per heavy atom. The summed E-state index contributed by atoms with van der Waals surface area (Å²) >= 11 is 0. The highest BCUT2D eigenvalue weighted by molar-refractivity contribution is 7.89. The molecule has 0 aromatic heterocycles. The van der Waals surface area contributed by atoms with Crippen molar-refractivity contribution in [2.45, 2.75) is 34.1 Å². The van der Waals surface area contributed by atoms with E-state index < -0.39 is 10.0 Å². The zero-order chi connectivity index (χ0) is 11.9. The second kappa shape index (κ2) is 7.01. The van der Waals surface area contributed by atoms with E-state index in [1.165, 1.54) is 0 Å². The lowest BCUT2D eigenvalue weighted by molar-refractivity contribution is 0.560. The van der Waals surface area contributed by atoms with Gasteiger partial charge in [-0.15, -0.1) is 0 Å². The van der Waals surface area contributed by atoms with Crippen LogP contribution in [0.2, 0.25) is 0 Å². The number of allylic oxidation sites excluding steroid dienone is 2. The first kappa shape index (κ1) is 14.6. The first-order valence-electron chi connectivity index (χ1n) is 5.47. The summed E-state index contributed by atoms with van der Waals surface area (Å²) in [5.41, 5.74) is 0. The van der Waals surface area contributed by atoms with Crippen LogP contribution in [0.4, 0.5) is 0 Å². The van der Waals surface area contributed by atoms with Crippen molar-refractivity contribution in [3.05, 3.63) is 12.2 Å². The summed E-state index contributed by atoms with van der Waals surface area (Å²) in [6, 6.07) is 0. The first-order chi connectivity index (χ1) is 6.83. The van der Waals surface area contributed by atoms with Crippen molar-refractivity contribution in [3.8, 4) is 0 Å². The molecule has 0 aliphatic heterocycles. The minimum atomic E-state index is -3.08. The second-order valence-electron chi connectivity index (χ2n) is 4.52. The third kappa shape index (κ3) is 9.94. The summed E-state index contributed by atoms with van der Waals surface area (Å²) in [6.07, 6.45) is 4.54. The van der Waals surface area contributed by atoms with Crippen molar-refractivity contribution >= 4 is 10.0 Å². The van der Waals surface area contributed by atoms with Gasteiger partial charge >= 0.3 is 0 Å². The number of sulfonamides is 1. The van der Waals surface area contributed by atoms with Gasteiger partial charge in [-0.2, -0.15) is 0 Å². The van der Waals surface area contributed by atoms with Gasteiger partial charge < -0.3 is 0 Å². The summed E-state index contributed by atoms with van der Waals surface area (Å²) < 4.78 is 25.5. The zero-order valence-corrected chi connectivity index (χ0v) is 11.0. The quantitative estimate of drug-likeness (QED) is 0.685. The van der Waals surface area contributed by atoms with Gasteiger partial charge in [-0.25, -0.2) is 13.1 Å². The zero-order valence-electron chi connectivity index (χ0n) is 10.2. The van der Waals surface area contributed by atoms with Crippen LogP contribution < -0.4 is 4.72 Å². The molecule has 90 valence electrons. The van der Waals surface area contributed by atoms with Gasteiger partial charge in [-0.1, -0.05) is 39.8 Å². The Morgan fingerprint density at radius 1 is 1.20 bits per heavy atom. The lowest BCUT2D eigenvalue weighted by atomic mass is 10.2. The first-order valence-corrected chi connectivity index (χ1v) is 7.12. The van der Waals surface area contributed by atoms with E-state index in [4.69, 9.17) is 0 Å². The fraction of sp³-hybridized carbons (Fsp3) is 0.818. The lowest BCUT2D eigenvalue weighted by Gasteiger charge is -2.07. The van der Waals surface area contributed by atoms with E-state index in [2.05, 4.69) is 18.6 Å². The lowest BCUT2D eigenvalue weighted by Crippen LogP contribution is -2.29. The second-order valence-corrected chi connectivity index (χ2v) is 6.45. The van der Waals surface area contributed by atoms with E-state index in [-0.39, 0.29) is 5.75 Å². The molecule has 0 amide bonds. The summed E-state index contributed by atoms with van der Waals surface area (Å²) in [7, 11) is -3.08. The van der Waals surface area contributed by atoms with Crippen LogP contribution >= 0.6 is 0 Å². The molecule has 1 N–H and O–H groups in total. The molecular formula is C11H23NO2S. The molecule has 4 heteroatoms. The third-order valence-electron chi connectivity index (χ3n) is 1.79. The maximum Gasteiger partial charge on any atom is 0.211 e. The summed E-state index contributed by atoms with van der Waals surface area (Å²) in [5, 5.41) is 0. The van der Waals surface area contributed by atoms with E-state index in [0.29, 0.717) is 24.8 Å². The van der Waals surface area contributed by atoms with Crippen LogP contribution in [0.1, 0.15) is 34.1 Å². The van der Waals surface area contributed by atoms with Crippen molar-refractivity contribution in [3.63, 3.8) is 0 Å². The number of rotatable bonds is 7. The van der Waals surface area contributed by atoms with Gasteiger partial charge in [0.1, 0.15) is 0 Å². The van der Waals surface area contributed by atoms with Crippen LogP contribution in [-0.4, -0.2) is 20.7 Å². The molecule has 0 bridgehead atoms. The maximum atomic E-state index is 11.4. The maximum absolute atomic E-state index is 11.4. The van der Waals surface area contributed by atoms with Gasteiger partial charge in [-0.3, -0.25) is 0 Å². The van der Waals surface area contributed by atoms with E-state index in [9.17, 15) is 8.42 Å². The normalized spacial score (nSPS) is 13.2. The smallest absolute Gasteiger partial charge is 0.211 e. The Hall–Kier alpha value is -0.350. The summed E-state index contributed by atoms with van der Waals surface area (Å²) in [4.78, 5) is 0. The molecule has 0 saturated heterocycles. The van der Waals surface area contributed by atoms with Crippen LogP contribution in [0.3, 0.4) is 0 Å². The molecule has 0 heterocycles. The third-order valence-corrected chi connectivity index (χ3v) is 3.17. The fourth-order valence-electron chi connectivity index (χ4n) is 0.957. The predicted octanol–water partition coefficient (Wildman–Crippen LogP) is 2.16. The standard InChI is InChI=1S/C11H23NO2S/c1-10(2)7-5-6-8-15(13,14)12-9-11(3)4/h5,7,10-12H,6,8-9H2,1-4H3. The van der Waals surface area contributed by atoms with Gasteiger partial charge in [0.2, 0.25) is 10.0 Å². The predicted molar refractivity (Wildman–Crippen MR) is 65.2 cm³/mol. The highest BCUT2D eigenvalue weighted by atomic mass is 32.2. The van der Waals surface area contributed by atoms with Crippen LogP contribution in [0.15, 0.2) is 12.2 Å². The number of nitrogens with one attached hydrogen (secondary N) is 1. The Kier molecular flexibility index (Phi) is 6.85. The molecule has 0 radical (unpaired) electrons. The highest BCUT2D eigenvalue weighted by Crippen LogP contribution is 1.98. The molecule has 3 nitrogen and oxygen atoms in total. The molecule has 0 fully saturated rings. The molecule has 0 rings (SSSR count). The Bertz CT molecular complexity index is 279. The molecule has 15 heavy (non-hydrogen) atoms. The Labute approximate surface area is 94.0 Å². The Morgan fingerprint density at radius 2 is 1.80 bits per heavy atom. The highest BCUT2D eigenvalue weighted by Gasteiger charge is 2.08. The van der Waals surface area contributed by atoms with Crippen LogP contribution in [0, 0.1) is 11.8 Å². The summed E-state index contributed by atoms with van der Waals surface area (Å²) in [5.74, 6) is 1.02. The summed E-state index contributed by atoms with van der Waals surface area (Å²) in [6.45, 7) is 8.64. The molecule has 0 saturated carbocycles. The molecule has 0 spiro atoms. The minimum Gasteiger partial charge on any atom is -0.215 e. The SMILES string of the molecule is CC(C)C=CCCS(=O)(=O)NCC(C)C. The van der Waals surface area contributed by atoms with Crippen molar-refractivity contribution in [2.24, 2.45) is 11.8 Å². The molecular weight excluding hydrogens is 210 g/mol. The van der Waals surface area contributed by atoms with Gasteiger partial charge in [-0.05, 0) is 18.3 Å². The van der Waals surface area contributed by atoms with Gasteiger partial charge in [0.25, 0.3) is 0 Å². The number of hydrogen-bond acceptors (Lipinski definition) is 2. The molecule has 0 aromatic rings.